The van der Waals surface area contributed by atoms with Gasteiger partial charge in [-0.15, -0.1) is 0 Å². The zero-order valence-electron chi connectivity index (χ0n) is 34.5. The number of hydrogen-bond donors (Lipinski definition) is 1. The topological polar surface area (TPSA) is 108 Å². The normalized spacial score (nSPS) is 13.2. The van der Waals surface area contributed by atoms with Gasteiger partial charge in [0.15, 0.2) is 6.10 Å². The molecule has 0 aromatic heterocycles. The fourth-order valence-electron chi connectivity index (χ4n) is 6.63. The summed E-state index contributed by atoms with van der Waals surface area (Å²) in [6.07, 6.45) is 40.1. The van der Waals surface area contributed by atoms with E-state index < -0.39 is 19.9 Å². The maximum absolute atomic E-state index is 12.6. The molecule has 0 rings (SSSR count). The lowest BCUT2D eigenvalue weighted by molar-refractivity contribution is -0.161. The Bertz CT molecular complexity index is 823. The summed E-state index contributed by atoms with van der Waals surface area (Å²) >= 11 is 0. The smallest absolute Gasteiger partial charge is 0.462 e. The fourth-order valence-corrected chi connectivity index (χ4v) is 7.39. The molecule has 0 amide bonds. The van der Waals surface area contributed by atoms with Crippen molar-refractivity contribution in [1.29, 1.82) is 0 Å². The van der Waals surface area contributed by atoms with Crippen LogP contribution in [0.15, 0.2) is 0 Å². The van der Waals surface area contributed by atoms with Crippen molar-refractivity contribution in [3.63, 3.8) is 0 Å². The first kappa shape index (κ1) is 51.0. The zero-order valence-corrected chi connectivity index (χ0v) is 35.4. The maximum Gasteiger partial charge on any atom is 0.472 e. The third kappa shape index (κ3) is 38.8. The van der Waals surface area contributed by atoms with E-state index in [2.05, 4.69) is 13.8 Å². The van der Waals surface area contributed by atoms with Crippen molar-refractivity contribution >= 4 is 19.8 Å². The lowest BCUT2D eigenvalue weighted by atomic mass is 10.0. The molecule has 310 valence electrons. The molecule has 0 aliphatic rings. The molecule has 0 heterocycles. The Morgan fingerprint density at radius 3 is 1.08 bits per heavy atom. The second-order valence-corrected chi connectivity index (χ2v) is 16.5. The van der Waals surface area contributed by atoms with Crippen LogP contribution in [0.5, 0.6) is 0 Å². The van der Waals surface area contributed by atoms with Gasteiger partial charge in [-0.1, -0.05) is 206 Å². The number of hydrogen-bond acceptors (Lipinski definition) is 7. The van der Waals surface area contributed by atoms with Crippen LogP contribution in [0, 0.1) is 0 Å². The van der Waals surface area contributed by atoms with Crippen LogP contribution in [0.3, 0.4) is 0 Å². The first-order valence-electron chi connectivity index (χ1n) is 22.3. The number of carbonyl (C=O) groups is 2. The number of phosphoric acid groups is 1. The second kappa shape index (κ2) is 39.7. The molecule has 8 nitrogen and oxygen atoms in total. The number of ether oxygens (including phenoxy) is 2. The fraction of sp³-hybridized carbons (Fsp3) is 0.953. The highest BCUT2D eigenvalue weighted by atomic mass is 31.2. The first-order chi connectivity index (χ1) is 25.3. The molecule has 0 aromatic carbocycles. The van der Waals surface area contributed by atoms with Crippen LogP contribution >= 0.6 is 7.82 Å². The van der Waals surface area contributed by atoms with Crippen LogP contribution in [-0.4, -0.2) is 42.8 Å². The third-order valence-electron chi connectivity index (χ3n) is 9.91. The molecule has 0 bridgehead atoms. The van der Waals surface area contributed by atoms with Crippen LogP contribution in [0.4, 0.5) is 0 Å². The van der Waals surface area contributed by atoms with E-state index in [1.807, 2.05) is 0 Å². The van der Waals surface area contributed by atoms with Crippen molar-refractivity contribution in [3.8, 4) is 0 Å². The minimum absolute atomic E-state index is 0.00574. The lowest BCUT2D eigenvalue weighted by Gasteiger charge is -2.19. The van der Waals surface area contributed by atoms with Crippen LogP contribution < -0.4 is 0 Å². The largest absolute Gasteiger partial charge is 0.472 e. The Morgan fingerprint density at radius 1 is 0.442 bits per heavy atom. The predicted molar refractivity (Wildman–Crippen MR) is 217 cm³/mol. The van der Waals surface area contributed by atoms with Gasteiger partial charge >= 0.3 is 19.8 Å². The third-order valence-corrected chi connectivity index (χ3v) is 11.0. The summed E-state index contributed by atoms with van der Waals surface area (Å²) in [4.78, 5) is 34.7. The molecule has 0 aliphatic heterocycles. The summed E-state index contributed by atoms with van der Waals surface area (Å²) in [6.45, 7) is 5.52. The van der Waals surface area contributed by atoms with Gasteiger partial charge < -0.3 is 14.4 Å². The van der Waals surface area contributed by atoms with Gasteiger partial charge in [0.1, 0.15) is 6.61 Å². The molecular formula is C43H85O8P. The molecule has 2 unspecified atom stereocenters. The summed E-state index contributed by atoms with van der Waals surface area (Å²) in [7, 11) is -4.27. The average molecular weight is 761 g/mol. The summed E-state index contributed by atoms with van der Waals surface area (Å²) in [5, 5.41) is 0. The Hall–Kier alpha value is -0.950. The average Bonchev–Trinajstić information content (AvgIpc) is 3.12. The standard InChI is InChI=1S/C43H85O8P/c1-4-7-9-11-13-15-17-19-21-23-25-27-29-31-33-35-37-42(44)48-39-41(40-50-52(46,47)49-6-3)51-43(45)38-36-34-32-30-28-26-24-22-20-18-16-14-12-10-8-5-2/h41H,4-40H2,1-3H3,(H,46,47). The van der Waals surface area contributed by atoms with E-state index in [0.717, 1.165) is 38.5 Å². The van der Waals surface area contributed by atoms with Crippen molar-refractivity contribution in [3.05, 3.63) is 0 Å². The highest BCUT2D eigenvalue weighted by Crippen LogP contribution is 2.43. The molecular weight excluding hydrogens is 675 g/mol. The number of carbonyl (C=O) groups excluding carboxylic acids is 2. The van der Waals surface area contributed by atoms with Gasteiger partial charge in [-0.25, -0.2) is 4.57 Å². The SMILES string of the molecule is CCCCCCCCCCCCCCCCCCC(=O)OCC(COP(=O)(O)OCC)OC(=O)CCCCCCCCCCCCCCCCCC. The van der Waals surface area contributed by atoms with Crippen LogP contribution in [0.1, 0.15) is 239 Å². The van der Waals surface area contributed by atoms with Crippen LogP contribution in [-0.2, 0) is 32.7 Å². The zero-order chi connectivity index (χ0) is 38.2. The number of esters is 2. The van der Waals surface area contributed by atoms with Crippen molar-refractivity contribution in [2.75, 3.05) is 19.8 Å². The van der Waals surface area contributed by atoms with E-state index >= 15 is 0 Å². The van der Waals surface area contributed by atoms with Gasteiger partial charge in [0.05, 0.1) is 13.2 Å². The molecule has 0 aliphatic carbocycles. The highest BCUT2D eigenvalue weighted by molar-refractivity contribution is 7.47. The monoisotopic (exact) mass is 761 g/mol. The van der Waals surface area contributed by atoms with Crippen molar-refractivity contribution in [2.24, 2.45) is 0 Å². The summed E-state index contributed by atoms with van der Waals surface area (Å²) in [5.41, 5.74) is 0. The lowest BCUT2D eigenvalue weighted by Crippen LogP contribution is -2.29. The van der Waals surface area contributed by atoms with Gasteiger partial charge in [-0.2, -0.15) is 0 Å². The highest BCUT2D eigenvalue weighted by Gasteiger charge is 2.25. The molecule has 9 heteroatoms. The Balaban J connectivity index is 4.01. The molecule has 1 N–H and O–H groups in total. The summed E-state index contributed by atoms with van der Waals surface area (Å²) < 4.78 is 32.7. The number of unbranched alkanes of at least 4 members (excludes halogenated alkanes) is 30. The van der Waals surface area contributed by atoms with E-state index in [1.54, 1.807) is 6.92 Å². The minimum Gasteiger partial charge on any atom is -0.462 e. The predicted octanol–water partition coefficient (Wildman–Crippen LogP) is 13.9. The van der Waals surface area contributed by atoms with Crippen molar-refractivity contribution in [1.82, 2.24) is 0 Å². The summed E-state index contributed by atoms with van der Waals surface area (Å²) in [6, 6.07) is 0. The van der Waals surface area contributed by atoms with Crippen molar-refractivity contribution in [2.45, 2.75) is 245 Å². The van der Waals surface area contributed by atoms with E-state index in [4.69, 9.17) is 18.5 Å². The molecule has 0 saturated carbocycles. The molecule has 2 atom stereocenters. The maximum atomic E-state index is 12.6. The van der Waals surface area contributed by atoms with E-state index in [-0.39, 0.29) is 32.2 Å². The van der Waals surface area contributed by atoms with Gasteiger partial charge in [-0.05, 0) is 19.8 Å². The quantitative estimate of drug-likeness (QED) is 0.0372. The van der Waals surface area contributed by atoms with Crippen LogP contribution in [0.25, 0.3) is 0 Å². The Kier molecular flexibility index (Phi) is 39.0. The number of rotatable bonds is 42. The van der Waals surface area contributed by atoms with E-state index in [1.165, 1.54) is 167 Å². The Morgan fingerprint density at radius 2 is 0.750 bits per heavy atom. The molecule has 0 fully saturated rings. The van der Waals surface area contributed by atoms with E-state index in [0.29, 0.717) is 6.42 Å². The molecule has 0 aromatic rings. The number of phosphoric ester groups is 1. The van der Waals surface area contributed by atoms with Gasteiger partial charge in [0.25, 0.3) is 0 Å². The molecule has 0 saturated heterocycles. The molecule has 52 heavy (non-hydrogen) atoms. The first-order valence-corrected chi connectivity index (χ1v) is 23.8. The van der Waals surface area contributed by atoms with Gasteiger partial charge in [-0.3, -0.25) is 18.6 Å². The molecule has 0 spiro atoms. The Labute approximate surface area is 321 Å². The van der Waals surface area contributed by atoms with Crippen LogP contribution in [0.2, 0.25) is 0 Å². The van der Waals surface area contributed by atoms with Crippen molar-refractivity contribution < 1.29 is 37.6 Å². The van der Waals surface area contributed by atoms with Gasteiger partial charge in [0.2, 0.25) is 0 Å². The molecule has 0 radical (unpaired) electrons. The minimum atomic E-state index is -4.27. The van der Waals surface area contributed by atoms with E-state index in [9.17, 15) is 19.0 Å². The van der Waals surface area contributed by atoms with Gasteiger partial charge in [0, 0.05) is 12.8 Å². The summed E-state index contributed by atoms with van der Waals surface area (Å²) in [5.74, 6) is -0.779. The second-order valence-electron chi connectivity index (χ2n) is 15.1.